The van der Waals surface area contributed by atoms with Crippen LogP contribution in [0, 0.1) is 5.82 Å². The summed E-state index contributed by atoms with van der Waals surface area (Å²) in [5, 5.41) is 0. The van der Waals surface area contributed by atoms with Gasteiger partial charge in [0.15, 0.2) is 0 Å². The molecule has 182 valence electrons. The van der Waals surface area contributed by atoms with Crippen LogP contribution in [0.15, 0.2) is 42.5 Å². The fourth-order valence-corrected chi connectivity index (χ4v) is 4.63. The van der Waals surface area contributed by atoms with E-state index in [0.717, 1.165) is 50.9 Å². The first kappa shape index (κ1) is 27.4. The van der Waals surface area contributed by atoms with Crippen LogP contribution in [0.1, 0.15) is 48.0 Å². The zero-order valence-electron chi connectivity index (χ0n) is 18.9. The van der Waals surface area contributed by atoms with Crippen molar-refractivity contribution in [2.75, 3.05) is 32.7 Å². The molecular formula is C25H34Cl2FN3O2. The van der Waals surface area contributed by atoms with Crippen LogP contribution in [0.5, 0.6) is 11.5 Å². The highest BCUT2D eigenvalue weighted by Crippen LogP contribution is 2.27. The third-order valence-electron chi connectivity index (χ3n) is 6.32. The SMILES string of the molecule is Cl.Cl.NCCc1ccc(Oc2ccc(F)c(C(=O)N3CCCCC3CN3CCCC3)c2)cc1. The second-order valence-corrected chi connectivity index (χ2v) is 8.58. The molecule has 4 rings (SSSR count). The van der Waals surface area contributed by atoms with Crippen molar-refractivity contribution in [1.82, 2.24) is 9.80 Å². The molecule has 8 heteroatoms. The Morgan fingerprint density at radius 1 is 0.970 bits per heavy atom. The van der Waals surface area contributed by atoms with Crippen LogP contribution in [-0.2, 0) is 6.42 Å². The Kier molecular flexibility index (Phi) is 10.9. The molecule has 2 aromatic carbocycles. The topological polar surface area (TPSA) is 58.8 Å². The first-order valence-electron chi connectivity index (χ1n) is 11.4. The number of piperidine rings is 1. The molecule has 2 aliphatic rings. The zero-order chi connectivity index (χ0) is 21.6. The zero-order valence-corrected chi connectivity index (χ0v) is 20.5. The molecular weight excluding hydrogens is 464 g/mol. The summed E-state index contributed by atoms with van der Waals surface area (Å²) in [7, 11) is 0. The van der Waals surface area contributed by atoms with E-state index in [2.05, 4.69) is 4.90 Å². The Balaban J connectivity index is 0.00000193. The van der Waals surface area contributed by atoms with Crippen molar-refractivity contribution >= 4 is 30.7 Å². The van der Waals surface area contributed by atoms with Gasteiger partial charge in [0.2, 0.25) is 0 Å². The lowest BCUT2D eigenvalue weighted by Gasteiger charge is -2.38. The number of hydrogen-bond acceptors (Lipinski definition) is 4. The van der Waals surface area contributed by atoms with Gasteiger partial charge in [-0.25, -0.2) is 4.39 Å². The lowest BCUT2D eigenvalue weighted by Crippen LogP contribution is -2.49. The van der Waals surface area contributed by atoms with Crippen molar-refractivity contribution in [1.29, 1.82) is 0 Å². The van der Waals surface area contributed by atoms with Gasteiger partial charge < -0.3 is 20.3 Å². The molecule has 2 aromatic rings. The number of benzene rings is 2. The Hall–Kier alpha value is -1.86. The minimum atomic E-state index is -0.499. The monoisotopic (exact) mass is 497 g/mol. The number of hydrogen-bond donors (Lipinski definition) is 1. The van der Waals surface area contributed by atoms with Gasteiger partial charge in [0.1, 0.15) is 17.3 Å². The predicted octanol–water partition coefficient (Wildman–Crippen LogP) is 5.05. The molecule has 1 amide bonds. The van der Waals surface area contributed by atoms with E-state index in [9.17, 15) is 9.18 Å². The first-order chi connectivity index (χ1) is 15.1. The second-order valence-electron chi connectivity index (χ2n) is 8.58. The molecule has 1 atom stereocenters. The summed E-state index contributed by atoms with van der Waals surface area (Å²) in [6.07, 6.45) is 6.33. The number of ether oxygens (including phenoxy) is 1. The highest BCUT2D eigenvalue weighted by molar-refractivity contribution is 5.95. The normalized spacial score (nSPS) is 18.4. The van der Waals surface area contributed by atoms with Gasteiger partial charge in [-0.05, 0) is 94.1 Å². The number of carbonyl (C=O) groups excluding carboxylic acids is 1. The summed E-state index contributed by atoms with van der Waals surface area (Å²) in [6, 6.07) is 12.2. The molecule has 0 saturated carbocycles. The number of halogens is 3. The van der Waals surface area contributed by atoms with Crippen LogP contribution in [0.3, 0.4) is 0 Å². The molecule has 0 radical (unpaired) electrons. The van der Waals surface area contributed by atoms with Gasteiger partial charge in [0.25, 0.3) is 5.91 Å². The van der Waals surface area contributed by atoms with E-state index in [-0.39, 0.29) is 42.3 Å². The average molecular weight is 498 g/mol. The lowest BCUT2D eigenvalue weighted by atomic mass is 10.00. The summed E-state index contributed by atoms with van der Waals surface area (Å²) < 4.78 is 20.6. The van der Waals surface area contributed by atoms with E-state index in [1.54, 1.807) is 6.07 Å². The maximum atomic E-state index is 14.7. The summed E-state index contributed by atoms with van der Waals surface area (Å²) >= 11 is 0. The second kappa shape index (κ2) is 13.1. The van der Waals surface area contributed by atoms with Crippen molar-refractivity contribution in [3.63, 3.8) is 0 Å². The number of carbonyl (C=O) groups is 1. The largest absolute Gasteiger partial charge is 0.457 e. The minimum absolute atomic E-state index is 0. The number of nitrogens with two attached hydrogens (primary N) is 1. The van der Waals surface area contributed by atoms with Crippen molar-refractivity contribution in [2.24, 2.45) is 5.73 Å². The highest BCUT2D eigenvalue weighted by Gasteiger charge is 2.31. The average Bonchev–Trinajstić information content (AvgIpc) is 3.30. The van der Waals surface area contributed by atoms with Gasteiger partial charge in [-0.15, -0.1) is 24.8 Å². The van der Waals surface area contributed by atoms with Gasteiger partial charge in [0, 0.05) is 19.1 Å². The molecule has 33 heavy (non-hydrogen) atoms. The molecule has 5 nitrogen and oxygen atoms in total. The maximum Gasteiger partial charge on any atom is 0.257 e. The van der Waals surface area contributed by atoms with Gasteiger partial charge in [-0.2, -0.15) is 0 Å². The molecule has 2 N–H and O–H groups in total. The van der Waals surface area contributed by atoms with Crippen molar-refractivity contribution in [3.8, 4) is 11.5 Å². The van der Waals surface area contributed by atoms with Crippen LogP contribution >= 0.6 is 24.8 Å². The fourth-order valence-electron chi connectivity index (χ4n) is 4.63. The van der Waals surface area contributed by atoms with E-state index in [1.165, 1.54) is 25.0 Å². The van der Waals surface area contributed by atoms with E-state index in [1.807, 2.05) is 29.2 Å². The van der Waals surface area contributed by atoms with Gasteiger partial charge in [-0.1, -0.05) is 12.1 Å². The Morgan fingerprint density at radius 2 is 1.64 bits per heavy atom. The standard InChI is InChI=1S/C25H32FN3O2.2ClH/c26-24-11-10-22(31-21-8-6-19(7-9-21)12-13-27)17-23(24)25(30)29-16-2-1-5-20(29)18-28-14-3-4-15-28;;/h6-11,17,20H,1-5,12-16,18,27H2;2*1H. The minimum Gasteiger partial charge on any atom is -0.457 e. The molecule has 2 fully saturated rings. The molecule has 0 aromatic heterocycles. The van der Waals surface area contributed by atoms with Gasteiger partial charge in [0.05, 0.1) is 5.56 Å². The van der Waals surface area contributed by atoms with Crippen LogP contribution in [0.25, 0.3) is 0 Å². The molecule has 0 spiro atoms. The van der Waals surface area contributed by atoms with Crippen molar-refractivity contribution in [2.45, 2.75) is 44.6 Å². The van der Waals surface area contributed by atoms with E-state index >= 15 is 0 Å². The summed E-state index contributed by atoms with van der Waals surface area (Å²) in [5.41, 5.74) is 6.82. The molecule has 2 saturated heterocycles. The Morgan fingerprint density at radius 3 is 2.33 bits per heavy atom. The predicted molar refractivity (Wildman–Crippen MR) is 135 cm³/mol. The first-order valence-corrected chi connectivity index (χ1v) is 11.4. The number of nitrogens with zero attached hydrogens (tertiary/aromatic N) is 2. The van der Waals surface area contributed by atoms with Crippen molar-refractivity contribution in [3.05, 3.63) is 59.4 Å². The summed E-state index contributed by atoms with van der Waals surface area (Å²) in [4.78, 5) is 17.6. The lowest BCUT2D eigenvalue weighted by molar-refractivity contribution is 0.0555. The molecule has 2 aliphatic heterocycles. The molecule has 1 unspecified atom stereocenters. The van der Waals surface area contributed by atoms with E-state index in [4.69, 9.17) is 10.5 Å². The smallest absolute Gasteiger partial charge is 0.257 e. The van der Waals surface area contributed by atoms with E-state index in [0.29, 0.717) is 24.6 Å². The molecule has 0 bridgehead atoms. The van der Waals surface area contributed by atoms with Crippen LogP contribution < -0.4 is 10.5 Å². The van der Waals surface area contributed by atoms with Crippen LogP contribution in [0.4, 0.5) is 4.39 Å². The van der Waals surface area contributed by atoms with E-state index < -0.39 is 5.82 Å². The number of amides is 1. The van der Waals surface area contributed by atoms with Gasteiger partial charge in [-0.3, -0.25) is 4.79 Å². The Labute approximate surface area is 208 Å². The quantitative estimate of drug-likeness (QED) is 0.580. The highest BCUT2D eigenvalue weighted by atomic mass is 35.5. The van der Waals surface area contributed by atoms with Gasteiger partial charge >= 0.3 is 0 Å². The Bertz CT molecular complexity index is 892. The fraction of sp³-hybridized carbons (Fsp3) is 0.480. The molecule has 0 aliphatic carbocycles. The summed E-state index contributed by atoms with van der Waals surface area (Å²) in [6.45, 7) is 4.36. The molecule has 2 heterocycles. The maximum absolute atomic E-state index is 14.7. The summed E-state index contributed by atoms with van der Waals surface area (Å²) in [5.74, 6) is 0.381. The van der Waals surface area contributed by atoms with Crippen molar-refractivity contribution < 1.29 is 13.9 Å². The van der Waals surface area contributed by atoms with Crippen LogP contribution in [0.2, 0.25) is 0 Å². The third kappa shape index (κ3) is 7.06. The third-order valence-corrected chi connectivity index (χ3v) is 6.32. The number of rotatable bonds is 7. The van der Waals surface area contributed by atoms with Crippen LogP contribution in [-0.4, -0.2) is 54.5 Å². The number of likely N-dealkylation sites (tertiary alicyclic amines) is 2.